The average Bonchev–Trinajstić information content (AvgIpc) is 2.77. The summed E-state index contributed by atoms with van der Waals surface area (Å²) in [5, 5.41) is 33.7. The van der Waals surface area contributed by atoms with Crippen LogP contribution >= 0.6 is 0 Å². The minimum absolute atomic E-state index is 0.238. The Morgan fingerprint density at radius 3 is 1.69 bits per heavy atom. The van der Waals surface area contributed by atoms with E-state index in [2.05, 4.69) is 10.6 Å². The van der Waals surface area contributed by atoms with Crippen LogP contribution in [0.25, 0.3) is 0 Å². The van der Waals surface area contributed by atoms with Gasteiger partial charge in [0.2, 0.25) is 23.6 Å². The fourth-order valence-corrected chi connectivity index (χ4v) is 2.93. The molecule has 36 heavy (non-hydrogen) atoms. The molecule has 0 aliphatic heterocycles. The normalized spacial score (nSPS) is 13.9. The smallest absolute Gasteiger partial charge is 0.326 e. The van der Waals surface area contributed by atoms with Gasteiger partial charge >= 0.3 is 17.9 Å². The van der Waals surface area contributed by atoms with Crippen LogP contribution in [0.15, 0.2) is 0 Å². The van der Waals surface area contributed by atoms with Crippen LogP contribution in [0.2, 0.25) is 0 Å². The fraction of sp³-hybridized carbons (Fsp3) is 0.650. The van der Waals surface area contributed by atoms with Crippen LogP contribution < -0.4 is 33.2 Å². The first-order valence-electron chi connectivity index (χ1n) is 11.1. The largest absolute Gasteiger partial charge is 0.481 e. The van der Waals surface area contributed by atoms with E-state index in [0.717, 1.165) is 0 Å². The number of aliphatic carboxylic acids is 3. The van der Waals surface area contributed by atoms with Crippen LogP contribution in [0, 0.1) is 0 Å². The van der Waals surface area contributed by atoms with Crippen molar-refractivity contribution in [1.82, 2.24) is 16.0 Å². The van der Waals surface area contributed by atoms with Crippen molar-refractivity contribution in [3.8, 4) is 0 Å². The van der Waals surface area contributed by atoms with Gasteiger partial charge in [-0.15, -0.1) is 0 Å². The Bertz CT molecular complexity index is 821. The highest BCUT2D eigenvalue weighted by Crippen LogP contribution is 2.05. The molecule has 0 aliphatic carbocycles. The summed E-state index contributed by atoms with van der Waals surface area (Å²) in [4.78, 5) is 82.2. The van der Waals surface area contributed by atoms with E-state index in [1.54, 1.807) is 0 Å². The van der Waals surface area contributed by atoms with Gasteiger partial charge in [0.15, 0.2) is 0 Å². The van der Waals surface area contributed by atoms with Crippen LogP contribution in [0.5, 0.6) is 0 Å². The summed E-state index contributed by atoms with van der Waals surface area (Å²) >= 11 is 0. The maximum Gasteiger partial charge on any atom is 0.326 e. The summed E-state index contributed by atoms with van der Waals surface area (Å²) in [7, 11) is 0. The number of hydrogen-bond acceptors (Lipinski definition) is 9. The lowest BCUT2D eigenvalue weighted by molar-refractivity contribution is -0.143. The predicted molar refractivity (Wildman–Crippen MR) is 122 cm³/mol. The lowest BCUT2D eigenvalue weighted by Gasteiger charge is -2.24. The van der Waals surface area contributed by atoms with Crippen molar-refractivity contribution in [2.24, 2.45) is 17.2 Å². The van der Waals surface area contributed by atoms with Crippen molar-refractivity contribution < 1.29 is 48.9 Å². The summed E-state index contributed by atoms with van der Waals surface area (Å²) in [5.74, 6) is -8.20. The molecule has 4 amide bonds. The molecule has 0 radical (unpaired) electrons. The van der Waals surface area contributed by atoms with Crippen molar-refractivity contribution >= 4 is 41.5 Å². The van der Waals surface area contributed by atoms with Gasteiger partial charge in [-0.1, -0.05) is 6.42 Å². The number of rotatable bonds is 19. The monoisotopic (exact) mass is 518 g/mol. The Labute approximate surface area is 206 Å². The SMILES string of the molecule is NCCCCC(N)C(=O)NC(CCC(=O)O)C(=O)NC(CC(=O)O)C(=O)NC(CCC(N)=O)C(=O)O. The number of nitrogens with one attached hydrogen (secondary N) is 3. The molecule has 16 nitrogen and oxygen atoms in total. The van der Waals surface area contributed by atoms with E-state index in [1.165, 1.54) is 0 Å². The van der Waals surface area contributed by atoms with E-state index >= 15 is 0 Å². The number of amides is 4. The topological polar surface area (TPSA) is 294 Å². The van der Waals surface area contributed by atoms with Crippen molar-refractivity contribution in [2.45, 2.75) is 75.5 Å². The number of carbonyl (C=O) groups excluding carboxylic acids is 4. The van der Waals surface area contributed by atoms with Crippen LogP contribution in [-0.2, 0) is 33.6 Å². The Kier molecular flexibility index (Phi) is 15.0. The summed E-state index contributed by atoms with van der Waals surface area (Å²) in [6.45, 7) is 0.385. The third kappa shape index (κ3) is 13.8. The van der Waals surface area contributed by atoms with Crippen LogP contribution in [0.3, 0.4) is 0 Å². The molecule has 12 N–H and O–H groups in total. The Balaban J connectivity index is 5.53. The molecule has 16 heteroatoms. The second-order valence-electron chi connectivity index (χ2n) is 7.95. The molecule has 0 heterocycles. The highest BCUT2D eigenvalue weighted by atomic mass is 16.4. The molecule has 0 fully saturated rings. The van der Waals surface area contributed by atoms with E-state index < -0.39 is 85.0 Å². The van der Waals surface area contributed by atoms with Gasteiger partial charge in [0.1, 0.15) is 18.1 Å². The Hall–Kier alpha value is -3.79. The zero-order valence-corrected chi connectivity index (χ0v) is 19.6. The minimum atomic E-state index is -1.78. The van der Waals surface area contributed by atoms with E-state index in [1.807, 2.05) is 5.32 Å². The van der Waals surface area contributed by atoms with E-state index in [0.29, 0.717) is 19.4 Å². The van der Waals surface area contributed by atoms with Crippen LogP contribution in [0.4, 0.5) is 0 Å². The third-order valence-corrected chi connectivity index (χ3v) is 4.89. The first-order chi connectivity index (χ1) is 16.8. The molecular weight excluding hydrogens is 484 g/mol. The molecule has 0 aromatic rings. The Morgan fingerprint density at radius 2 is 1.19 bits per heavy atom. The molecule has 0 spiro atoms. The first kappa shape index (κ1) is 32.2. The molecule has 0 aromatic carbocycles. The quantitative estimate of drug-likeness (QED) is 0.0755. The molecule has 0 bridgehead atoms. The molecule has 0 saturated heterocycles. The van der Waals surface area contributed by atoms with Crippen LogP contribution in [-0.4, -0.2) is 87.6 Å². The number of primary amides is 1. The third-order valence-electron chi connectivity index (χ3n) is 4.89. The van der Waals surface area contributed by atoms with E-state index in [-0.39, 0.29) is 19.3 Å². The summed E-state index contributed by atoms with van der Waals surface area (Å²) < 4.78 is 0. The molecular formula is C20H34N6O10. The molecule has 0 aromatic heterocycles. The number of carboxylic acids is 3. The first-order valence-corrected chi connectivity index (χ1v) is 11.1. The van der Waals surface area contributed by atoms with Gasteiger partial charge in [-0.2, -0.15) is 0 Å². The van der Waals surface area contributed by atoms with Crippen molar-refractivity contribution in [1.29, 1.82) is 0 Å². The maximum atomic E-state index is 12.8. The minimum Gasteiger partial charge on any atom is -0.481 e. The predicted octanol–water partition coefficient (Wildman–Crippen LogP) is -3.41. The highest BCUT2D eigenvalue weighted by Gasteiger charge is 2.32. The summed E-state index contributed by atoms with van der Waals surface area (Å²) in [6, 6.07) is -5.90. The van der Waals surface area contributed by atoms with Gasteiger partial charge in [0, 0.05) is 12.8 Å². The Morgan fingerprint density at radius 1 is 0.667 bits per heavy atom. The molecule has 0 rings (SSSR count). The molecule has 0 aliphatic rings. The van der Waals surface area contributed by atoms with Crippen molar-refractivity contribution in [3.05, 3.63) is 0 Å². The van der Waals surface area contributed by atoms with Crippen molar-refractivity contribution in [2.75, 3.05) is 6.54 Å². The van der Waals surface area contributed by atoms with E-state index in [9.17, 15) is 38.7 Å². The molecule has 204 valence electrons. The van der Waals surface area contributed by atoms with E-state index in [4.69, 9.17) is 27.4 Å². The van der Waals surface area contributed by atoms with Gasteiger partial charge < -0.3 is 48.5 Å². The molecule has 4 atom stereocenters. The van der Waals surface area contributed by atoms with Crippen LogP contribution in [0.1, 0.15) is 51.4 Å². The van der Waals surface area contributed by atoms with Gasteiger partial charge in [0.25, 0.3) is 0 Å². The molecule has 4 unspecified atom stereocenters. The second-order valence-corrected chi connectivity index (χ2v) is 7.95. The van der Waals surface area contributed by atoms with Crippen molar-refractivity contribution in [3.63, 3.8) is 0 Å². The lowest BCUT2D eigenvalue weighted by Crippen LogP contribution is -2.57. The zero-order valence-electron chi connectivity index (χ0n) is 19.6. The number of carboxylic acid groups (broad SMARTS) is 3. The maximum absolute atomic E-state index is 12.8. The average molecular weight is 519 g/mol. The second kappa shape index (κ2) is 16.8. The number of unbranched alkanes of at least 4 members (excludes halogenated alkanes) is 1. The number of nitrogens with two attached hydrogens (primary N) is 3. The summed E-state index contributed by atoms with van der Waals surface area (Å²) in [5.41, 5.74) is 16.1. The molecule has 0 saturated carbocycles. The number of carbonyl (C=O) groups is 7. The number of hydrogen-bond donors (Lipinski definition) is 9. The lowest BCUT2D eigenvalue weighted by atomic mass is 10.1. The fourth-order valence-electron chi connectivity index (χ4n) is 2.93. The van der Waals surface area contributed by atoms with Gasteiger partial charge in [0.05, 0.1) is 12.5 Å². The highest BCUT2D eigenvalue weighted by molar-refractivity contribution is 5.95. The zero-order chi connectivity index (χ0) is 27.8. The standard InChI is InChI=1S/C20H34N6O10/c21-8-2-1-3-10(22)17(32)24-11(5-7-15(28)29)18(33)26-13(9-16(30)31)19(34)25-12(20(35)36)4-6-14(23)27/h10-13H,1-9,21-22H2,(H2,23,27)(H,24,32)(H,25,34)(H,26,33)(H,28,29)(H,30,31)(H,35,36). The van der Waals surface area contributed by atoms with Gasteiger partial charge in [-0.3, -0.25) is 28.8 Å². The van der Waals surface area contributed by atoms with Gasteiger partial charge in [-0.05, 0) is 32.2 Å². The van der Waals surface area contributed by atoms with Gasteiger partial charge in [-0.25, -0.2) is 4.79 Å². The summed E-state index contributed by atoms with van der Waals surface area (Å²) in [6.07, 6.45) is -1.32.